The Balaban J connectivity index is 2.51. The highest BCUT2D eigenvalue weighted by Gasteiger charge is 2.00. The zero-order valence-electron chi connectivity index (χ0n) is 7.38. The van der Waals surface area contributed by atoms with Gasteiger partial charge in [0.25, 0.3) is 0 Å². The number of phenolic OH excluding ortho intramolecular Hbond substituents is 2. The second-order valence-electron chi connectivity index (χ2n) is 2.67. The molecule has 0 aliphatic heterocycles. The molecule has 0 heterocycles. The predicted molar refractivity (Wildman–Crippen MR) is 50.6 cm³/mol. The number of hydrogen-bond acceptors (Lipinski definition) is 3. The molecule has 0 atom stereocenters. The Morgan fingerprint density at radius 3 is 2.79 bits per heavy atom. The Morgan fingerprint density at radius 2 is 2.14 bits per heavy atom. The molecule has 0 aliphatic carbocycles. The zero-order chi connectivity index (χ0) is 10.4. The monoisotopic (exact) mass is 194 g/mol. The molecule has 14 heavy (non-hydrogen) atoms. The Labute approximate surface area is 80.4 Å². The van der Waals surface area contributed by atoms with Crippen molar-refractivity contribution in [3.8, 4) is 11.5 Å². The fraction of sp³-hybridized carbons (Fsp3) is 0.250. The molecule has 0 saturated heterocycles. The summed E-state index contributed by atoms with van der Waals surface area (Å²) in [7, 11) is 0. The van der Waals surface area contributed by atoms with E-state index < -0.39 is 0 Å². The number of phenols is 2. The van der Waals surface area contributed by atoms with E-state index in [4.69, 9.17) is 15.7 Å². The van der Waals surface area contributed by atoms with Gasteiger partial charge in [-0.25, -0.2) is 0 Å². The van der Waals surface area contributed by atoms with Gasteiger partial charge in [-0.05, 0) is 22.9 Å². The smallest absolute Gasteiger partial charge is 0.157 e. The lowest BCUT2D eigenvalue weighted by molar-refractivity contribution is 0.403. The highest BCUT2D eigenvalue weighted by atomic mass is 16.3. The van der Waals surface area contributed by atoms with E-state index >= 15 is 0 Å². The number of benzene rings is 1. The topological polar surface area (TPSA) is 101 Å². The number of nitrogens with one attached hydrogen (secondary N) is 1. The Hall–Kier alpha value is -2.07. The van der Waals surface area contributed by atoms with Gasteiger partial charge in [0.15, 0.2) is 11.5 Å². The van der Waals surface area contributed by atoms with Crippen LogP contribution in [0.2, 0.25) is 0 Å². The number of azide groups is 1. The van der Waals surface area contributed by atoms with Gasteiger partial charge in [0.1, 0.15) is 0 Å². The molecule has 0 spiro atoms. The fourth-order valence-electron chi connectivity index (χ4n) is 1.01. The minimum atomic E-state index is -0.147. The third kappa shape index (κ3) is 2.76. The number of rotatable bonds is 4. The van der Waals surface area contributed by atoms with Crippen LogP contribution in [0.3, 0.4) is 0 Å². The molecular formula is C8H10N4O2. The second-order valence-corrected chi connectivity index (χ2v) is 2.67. The molecule has 3 N–H and O–H groups in total. The molecule has 1 rings (SSSR count). The predicted octanol–water partition coefficient (Wildman–Crippen LogP) is 1.46. The van der Waals surface area contributed by atoms with Gasteiger partial charge in [0.2, 0.25) is 0 Å². The van der Waals surface area contributed by atoms with E-state index in [1.165, 1.54) is 12.1 Å². The lowest BCUT2D eigenvalue weighted by atomic mass is 10.1. The standard InChI is InChI=1S/C8H10N4O2/c9-11-12-10-4-3-6-1-2-7(13)8(14)5-6/h1-2,5,10,13-14H,3-4H2. The summed E-state index contributed by atoms with van der Waals surface area (Å²) in [6, 6.07) is 4.57. The Kier molecular flexibility index (Phi) is 3.46. The molecule has 0 fully saturated rings. The van der Waals surface area contributed by atoms with Crippen LogP contribution in [-0.4, -0.2) is 16.8 Å². The second kappa shape index (κ2) is 4.84. The molecule has 74 valence electrons. The van der Waals surface area contributed by atoms with Crippen molar-refractivity contribution in [2.75, 3.05) is 6.54 Å². The van der Waals surface area contributed by atoms with Crippen LogP contribution < -0.4 is 5.43 Å². The summed E-state index contributed by atoms with van der Waals surface area (Å²) in [4.78, 5) is 2.52. The first-order chi connectivity index (χ1) is 6.74. The third-order valence-electron chi connectivity index (χ3n) is 1.68. The van der Waals surface area contributed by atoms with E-state index in [1.54, 1.807) is 6.07 Å². The maximum atomic E-state index is 9.15. The van der Waals surface area contributed by atoms with Gasteiger partial charge in [-0.2, -0.15) is 4.91 Å². The van der Waals surface area contributed by atoms with Crippen LogP contribution in [0.15, 0.2) is 23.4 Å². The van der Waals surface area contributed by atoms with Crippen molar-refractivity contribution in [3.63, 3.8) is 0 Å². The van der Waals surface area contributed by atoms with Gasteiger partial charge in [-0.1, -0.05) is 6.07 Å². The summed E-state index contributed by atoms with van der Waals surface area (Å²) in [5.41, 5.74) is 11.3. The maximum absolute atomic E-state index is 9.15. The summed E-state index contributed by atoms with van der Waals surface area (Å²) in [6.07, 6.45) is 0.604. The van der Waals surface area contributed by atoms with Crippen LogP contribution in [-0.2, 0) is 6.42 Å². The summed E-state index contributed by atoms with van der Waals surface area (Å²) < 4.78 is 0. The molecule has 1 aromatic carbocycles. The molecule has 6 heteroatoms. The Morgan fingerprint density at radius 1 is 1.36 bits per heavy atom. The van der Waals surface area contributed by atoms with Crippen molar-refractivity contribution in [3.05, 3.63) is 34.2 Å². The van der Waals surface area contributed by atoms with Gasteiger partial charge < -0.3 is 10.2 Å². The van der Waals surface area contributed by atoms with Crippen LogP contribution >= 0.6 is 0 Å². The normalized spacial score (nSPS) is 9.14. The van der Waals surface area contributed by atoms with Crippen LogP contribution in [0.1, 0.15) is 5.56 Å². The van der Waals surface area contributed by atoms with Gasteiger partial charge in [0.05, 0.1) is 6.54 Å². The number of aromatic hydroxyl groups is 2. The van der Waals surface area contributed by atoms with Gasteiger partial charge in [-0.15, -0.1) is 5.53 Å². The molecule has 6 nitrogen and oxygen atoms in total. The summed E-state index contributed by atoms with van der Waals surface area (Å²) in [5, 5.41) is 21.3. The van der Waals surface area contributed by atoms with Crippen molar-refractivity contribution in [2.45, 2.75) is 6.42 Å². The van der Waals surface area contributed by atoms with Crippen molar-refractivity contribution in [2.24, 2.45) is 5.22 Å². The van der Waals surface area contributed by atoms with E-state index in [2.05, 4.69) is 15.6 Å². The van der Waals surface area contributed by atoms with E-state index in [9.17, 15) is 0 Å². The lowest BCUT2D eigenvalue weighted by Crippen LogP contribution is -2.08. The molecule has 0 aromatic heterocycles. The average Bonchev–Trinajstić information content (AvgIpc) is 2.18. The molecule has 0 aliphatic rings. The quantitative estimate of drug-likeness (QED) is 0.169. The first-order valence-electron chi connectivity index (χ1n) is 4.02. The van der Waals surface area contributed by atoms with Crippen molar-refractivity contribution < 1.29 is 10.2 Å². The first kappa shape index (κ1) is 10.0. The van der Waals surface area contributed by atoms with Gasteiger partial charge in [-0.3, -0.25) is 5.43 Å². The van der Waals surface area contributed by atoms with Crippen molar-refractivity contribution >= 4 is 0 Å². The van der Waals surface area contributed by atoms with E-state index in [1.807, 2.05) is 0 Å². The van der Waals surface area contributed by atoms with Crippen LogP contribution in [0.5, 0.6) is 11.5 Å². The molecule has 0 saturated carbocycles. The molecule has 1 aromatic rings. The lowest BCUT2D eigenvalue weighted by Gasteiger charge is -2.01. The molecule has 0 unspecified atom stereocenters. The van der Waals surface area contributed by atoms with Crippen LogP contribution in [0, 0.1) is 0 Å². The molecule has 0 amide bonds. The number of hydrogen-bond donors (Lipinski definition) is 3. The van der Waals surface area contributed by atoms with E-state index in [-0.39, 0.29) is 11.5 Å². The van der Waals surface area contributed by atoms with Crippen molar-refractivity contribution in [1.29, 1.82) is 0 Å². The largest absolute Gasteiger partial charge is 0.504 e. The first-order valence-corrected chi connectivity index (χ1v) is 4.02. The average molecular weight is 194 g/mol. The molecule has 0 radical (unpaired) electrons. The van der Waals surface area contributed by atoms with E-state index in [0.29, 0.717) is 13.0 Å². The summed E-state index contributed by atoms with van der Waals surface area (Å²) in [6.45, 7) is 0.480. The summed E-state index contributed by atoms with van der Waals surface area (Å²) >= 11 is 0. The minimum Gasteiger partial charge on any atom is -0.504 e. The molecular weight excluding hydrogens is 184 g/mol. The zero-order valence-corrected chi connectivity index (χ0v) is 7.38. The highest BCUT2D eigenvalue weighted by molar-refractivity contribution is 5.40. The van der Waals surface area contributed by atoms with Gasteiger partial charge in [0, 0.05) is 6.42 Å². The summed E-state index contributed by atoms with van der Waals surface area (Å²) in [5.74, 6) is -0.289. The van der Waals surface area contributed by atoms with Crippen molar-refractivity contribution in [1.82, 2.24) is 5.43 Å². The third-order valence-corrected chi connectivity index (χ3v) is 1.68. The van der Waals surface area contributed by atoms with Gasteiger partial charge >= 0.3 is 0 Å². The van der Waals surface area contributed by atoms with E-state index in [0.717, 1.165) is 5.56 Å². The minimum absolute atomic E-state index is 0.142. The van der Waals surface area contributed by atoms with Crippen LogP contribution in [0.4, 0.5) is 0 Å². The number of nitrogens with zero attached hydrogens (tertiary/aromatic N) is 3. The maximum Gasteiger partial charge on any atom is 0.157 e. The Bertz CT molecular complexity index is 360. The molecule has 0 bridgehead atoms. The SMILES string of the molecule is [N-]=[N+]=NNCCc1ccc(O)c(O)c1. The highest BCUT2D eigenvalue weighted by Crippen LogP contribution is 2.24. The van der Waals surface area contributed by atoms with Crippen LogP contribution in [0.25, 0.3) is 10.4 Å². The fourth-order valence-corrected chi connectivity index (χ4v) is 1.01.